The number of carbonyl (C=O) groups excluding carboxylic acids is 1. The van der Waals surface area contributed by atoms with E-state index in [1.54, 1.807) is 11.3 Å². The lowest BCUT2D eigenvalue weighted by Gasteiger charge is -2.20. The number of thiazole rings is 1. The Morgan fingerprint density at radius 3 is 2.55 bits per heavy atom. The van der Waals surface area contributed by atoms with E-state index < -0.39 is 0 Å². The van der Waals surface area contributed by atoms with E-state index in [2.05, 4.69) is 21.8 Å². The summed E-state index contributed by atoms with van der Waals surface area (Å²) in [5, 5.41) is 2.18. The van der Waals surface area contributed by atoms with Gasteiger partial charge in [0, 0.05) is 33.1 Å². The molecular weight excluding hydrogens is 475 g/mol. The molecule has 5 nitrogen and oxygen atoms in total. The summed E-state index contributed by atoms with van der Waals surface area (Å²) < 4.78 is 0. The molecule has 4 rings (SSSR count). The first-order chi connectivity index (χ1) is 14.8. The number of carbonyl (C=O) groups is 1. The van der Waals surface area contributed by atoms with Crippen molar-refractivity contribution in [1.82, 2.24) is 19.9 Å². The van der Waals surface area contributed by atoms with Gasteiger partial charge in [0.25, 0.3) is 0 Å². The van der Waals surface area contributed by atoms with Gasteiger partial charge in [0.1, 0.15) is 15.9 Å². The molecule has 0 saturated carbocycles. The second-order valence-electron chi connectivity index (χ2n) is 7.73. The van der Waals surface area contributed by atoms with Crippen molar-refractivity contribution in [2.45, 2.75) is 45.7 Å². The monoisotopic (exact) mass is 494 g/mol. The molecule has 1 saturated heterocycles. The third-order valence-electron chi connectivity index (χ3n) is 5.55. The number of halogens is 3. The molecule has 3 aromatic rings. The maximum absolute atomic E-state index is 12.7. The summed E-state index contributed by atoms with van der Waals surface area (Å²) in [6.45, 7) is 5.98. The van der Waals surface area contributed by atoms with E-state index >= 15 is 0 Å². The summed E-state index contributed by atoms with van der Waals surface area (Å²) in [7, 11) is 0. The Labute approximate surface area is 200 Å². The van der Waals surface area contributed by atoms with Gasteiger partial charge in [0.2, 0.25) is 0 Å². The third-order valence-corrected chi connectivity index (χ3v) is 7.57. The Kier molecular flexibility index (Phi) is 6.94. The summed E-state index contributed by atoms with van der Waals surface area (Å²) in [6.07, 6.45) is 5.30. The molecule has 1 atom stereocenters. The standard InChI is InChI=1S/C22H21Cl3N4OS/c1-12-4-3-5-29(12)11-19-22(14-6-15(23)13(2)16(24)7-14)28-21(31-19)8-18(30)17-9-27-20(25)10-26-17/h6-7,9-10,12H,3-5,8,11H2,1-2H3/t12-/m1/s1. The molecule has 0 unspecified atom stereocenters. The minimum absolute atomic E-state index is 0.148. The largest absolute Gasteiger partial charge is 0.296 e. The number of hydrogen-bond acceptors (Lipinski definition) is 6. The second kappa shape index (κ2) is 9.51. The van der Waals surface area contributed by atoms with Gasteiger partial charge in [-0.15, -0.1) is 11.3 Å². The number of ketones is 1. The number of rotatable bonds is 6. The van der Waals surface area contributed by atoms with Gasteiger partial charge in [-0.3, -0.25) is 9.69 Å². The van der Waals surface area contributed by atoms with E-state index in [-0.39, 0.29) is 23.1 Å². The van der Waals surface area contributed by atoms with Gasteiger partial charge >= 0.3 is 0 Å². The fourth-order valence-corrected chi connectivity index (χ4v) is 5.39. The topological polar surface area (TPSA) is 59.0 Å². The summed E-state index contributed by atoms with van der Waals surface area (Å²) in [5.74, 6) is -0.148. The molecule has 3 heterocycles. The molecule has 2 aromatic heterocycles. The Morgan fingerprint density at radius 2 is 1.94 bits per heavy atom. The van der Waals surface area contributed by atoms with Gasteiger partial charge in [-0.25, -0.2) is 15.0 Å². The fourth-order valence-electron chi connectivity index (χ4n) is 3.69. The Balaban J connectivity index is 1.68. The van der Waals surface area contributed by atoms with Crippen LogP contribution in [0, 0.1) is 6.92 Å². The molecule has 162 valence electrons. The number of benzene rings is 1. The van der Waals surface area contributed by atoms with Crippen molar-refractivity contribution in [2.75, 3.05) is 6.54 Å². The van der Waals surface area contributed by atoms with Gasteiger partial charge in [0.05, 0.1) is 24.5 Å². The van der Waals surface area contributed by atoms with Gasteiger partial charge in [-0.05, 0) is 50.9 Å². The van der Waals surface area contributed by atoms with Crippen LogP contribution in [0.25, 0.3) is 11.3 Å². The van der Waals surface area contributed by atoms with E-state index in [0.29, 0.717) is 16.1 Å². The fraction of sp³-hybridized carbons (Fsp3) is 0.364. The number of Topliss-reactive ketones (excluding diaryl/α,β-unsaturated/α-hetero) is 1. The lowest BCUT2D eigenvalue weighted by molar-refractivity contribution is 0.0988. The highest BCUT2D eigenvalue weighted by atomic mass is 35.5. The second-order valence-corrected chi connectivity index (χ2v) is 10.1. The highest BCUT2D eigenvalue weighted by Gasteiger charge is 2.24. The predicted molar refractivity (Wildman–Crippen MR) is 126 cm³/mol. The highest BCUT2D eigenvalue weighted by Crippen LogP contribution is 2.36. The minimum atomic E-state index is -0.148. The molecule has 1 aliphatic rings. The summed E-state index contributed by atoms with van der Waals surface area (Å²) >= 11 is 20.1. The summed E-state index contributed by atoms with van der Waals surface area (Å²) in [4.78, 5) is 29.1. The van der Waals surface area contributed by atoms with Crippen LogP contribution in [0.1, 0.15) is 45.7 Å². The lowest BCUT2D eigenvalue weighted by atomic mass is 10.1. The van der Waals surface area contributed by atoms with Crippen molar-refractivity contribution in [3.05, 3.63) is 60.9 Å². The van der Waals surface area contributed by atoms with Crippen LogP contribution in [-0.2, 0) is 13.0 Å². The zero-order valence-electron chi connectivity index (χ0n) is 17.2. The lowest BCUT2D eigenvalue weighted by Crippen LogP contribution is -2.25. The Morgan fingerprint density at radius 1 is 1.19 bits per heavy atom. The number of nitrogens with zero attached hydrogens (tertiary/aromatic N) is 4. The average molecular weight is 496 g/mol. The van der Waals surface area contributed by atoms with E-state index in [0.717, 1.165) is 39.8 Å². The Bertz CT molecular complexity index is 1090. The van der Waals surface area contributed by atoms with Crippen LogP contribution in [0.4, 0.5) is 0 Å². The molecule has 9 heteroatoms. The van der Waals surface area contributed by atoms with Gasteiger partial charge in [0.15, 0.2) is 5.78 Å². The van der Waals surface area contributed by atoms with Crippen LogP contribution in [0.3, 0.4) is 0 Å². The average Bonchev–Trinajstić information content (AvgIpc) is 3.32. The van der Waals surface area contributed by atoms with Crippen molar-refractivity contribution in [2.24, 2.45) is 0 Å². The first-order valence-corrected chi connectivity index (χ1v) is 12.0. The highest BCUT2D eigenvalue weighted by molar-refractivity contribution is 7.12. The van der Waals surface area contributed by atoms with E-state index in [4.69, 9.17) is 39.8 Å². The molecule has 0 aliphatic carbocycles. The predicted octanol–water partition coefficient (Wildman–Crippen LogP) is 6.28. The van der Waals surface area contributed by atoms with E-state index in [9.17, 15) is 4.79 Å². The van der Waals surface area contributed by atoms with Crippen molar-refractivity contribution in [3.63, 3.8) is 0 Å². The Hall–Kier alpha value is -1.57. The van der Waals surface area contributed by atoms with Crippen LogP contribution in [0.2, 0.25) is 15.2 Å². The summed E-state index contributed by atoms with van der Waals surface area (Å²) in [6, 6.07) is 4.31. The molecule has 0 bridgehead atoms. The van der Waals surface area contributed by atoms with Crippen LogP contribution >= 0.6 is 46.1 Å². The number of hydrogen-bond donors (Lipinski definition) is 0. The first-order valence-electron chi connectivity index (χ1n) is 10.0. The maximum Gasteiger partial charge on any atom is 0.189 e. The van der Waals surface area contributed by atoms with E-state index in [1.165, 1.54) is 25.2 Å². The van der Waals surface area contributed by atoms with Gasteiger partial charge < -0.3 is 0 Å². The van der Waals surface area contributed by atoms with Crippen molar-refractivity contribution < 1.29 is 4.79 Å². The molecule has 31 heavy (non-hydrogen) atoms. The van der Waals surface area contributed by atoms with Crippen LogP contribution in [0.5, 0.6) is 0 Å². The maximum atomic E-state index is 12.7. The zero-order valence-corrected chi connectivity index (χ0v) is 20.2. The molecule has 0 spiro atoms. The molecule has 1 aliphatic heterocycles. The number of likely N-dealkylation sites (tertiary alicyclic amines) is 1. The van der Waals surface area contributed by atoms with Crippen molar-refractivity contribution >= 4 is 51.9 Å². The molecular formula is C22H21Cl3N4OS. The van der Waals surface area contributed by atoms with Crippen LogP contribution in [0.15, 0.2) is 24.5 Å². The SMILES string of the molecule is Cc1c(Cl)cc(-c2nc(CC(=O)c3cnc(Cl)cn3)sc2CN2CCC[C@H]2C)cc1Cl. The molecule has 0 radical (unpaired) electrons. The molecule has 1 aromatic carbocycles. The smallest absolute Gasteiger partial charge is 0.189 e. The van der Waals surface area contributed by atoms with Crippen LogP contribution in [-0.4, -0.2) is 38.2 Å². The minimum Gasteiger partial charge on any atom is -0.296 e. The zero-order chi connectivity index (χ0) is 22.1. The normalized spacial score (nSPS) is 16.7. The van der Waals surface area contributed by atoms with Crippen molar-refractivity contribution in [1.29, 1.82) is 0 Å². The molecule has 0 N–H and O–H groups in total. The van der Waals surface area contributed by atoms with E-state index in [1.807, 2.05) is 19.1 Å². The van der Waals surface area contributed by atoms with Crippen LogP contribution < -0.4 is 0 Å². The quantitative estimate of drug-likeness (QED) is 0.377. The molecule has 0 amide bonds. The number of aromatic nitrogens is 3. The van der Waals surface area contributed by atoms with Gasteiger partial charge in [-0.1, -0.05) is 34.8 Å². The molecule has 1 fully saturated rings. The third kappa shape index (κ3) is 5.10. The first kappa shape index (κ1) is 22.6. The van der Waals surface area contributed by atoms with Gasteiger partial charge in [-0.2, -0.15) is 0 Å². The van der Waals surface area contributed by atoms with Crippen molar-refractivity contribution in [3.8, 4) is 11.3 Å². The summed E-state index contributed by atoms with van der Waals surface area (Å²) in [5.41, 5.74) is 2.81.